The Kier molecular flexibility index (Phi) is 4.58. The fraction of sp³-hybridized carbons (Fsp3) is 0.312. The number of hydrogen-bond acceptors (Lipinski definition) is 4. The molecule has 2 aromatic rings. The fourth-order valence-electron chi connectivity index (χ4n) is 1.86. The molecule has 1 unspecified atom stereocenters. The van der Waals surface area contributed by atoms with Crippen LogP contribution in [0.4, 0.5) is 0 Å². The zero-order chi connectivity index (χ0) is 14.5. The quantitative estimate of drug-likeness (QED) is 0.908. The Morgan fingerprint density at radius 1 is 1.30 bits per heavy atom. The van der Waals surface area contributed by atoms with Crippen molar-refractivity contribution in [3.63, 3.8) is 0 Å². The van der Waals surface area contributed by atoms with Gasteiger partial charge in [-0.3, -0.25) is 0 Å². The van der Waals surface area contributed by atoms with Gasteiger partial charge in [-0.25, -0.2) is 0 Å². The average molecular weight is 273 g/mol. The third kappa shape index (κ3) is 3.48. The monoisotopic (exact) mass is 273 g/mol. The Morgan fingerprint density at radius 2 is 2.05 bits per heavy atom. The summed E-state index contributed by atoms with van der Waals surface area (Å²) in [5.74, 6) is 1.54. The van der Waals surface area contributed by atoms with Crippen molar-refractivity contribution in [3.05, 3.63) is 46.8 Å². The van der Waals surface area contributed by atoms with E-state index < -0.39 is 6.10 Å². The maximum absolute atomic E-state index is 9.29. The van der Waals surface area contributed by atoms with Crippen molar-refractivity contribution in [2.24, 2.45) is 0 Å². The predicted molar refractivity (Wildman–Crippen MR) is 78.5 cm³/mol. The second-order valence-corrected chi connectivity index (χ2v) is 4.77. The van der Waals surface area contributed by atoms with Gasteiger partial charge in [0.1, 0.15) is 18.1 Å². The van der Waals surface area contributed by atoms with E-state index in [9.17, 15) is 5.11 Å². The molecule has 0 spiro atoms. The third-order valence-electron chi connectivity index (χ3n) is 2.92. The van der Waals surface area contributed by atoms with Crippen LogP contribution in [0.1, 0.15) is 29.5 Å². The van der Waals surface area contributed by atoms with Gasteiger partial charge in [-0.2, -0.15) is 0 Å². The molecule has 0 fully saturated rings. The van der Waals surface area contributed by atoms with E-state index in [2.05, 4.69) is 5.16 Å². The van der Waals surface area contributed by atoms with Gasteiger partial charge in [-0.15, -0.1) is 0 Å². The van der Waals surface area contributed by atoms with Crippen molar-refractivity contribution in [1.82, 2.24) is 5.16 Å². The zero-order valence-corrected chi connectivity index (χ0v) is 12.0. The first-order valence-electron chi connectivity index (χ1n) is 6.58. The maximum Gasteiger partial charge on any atom is 0.141 e. The lowest BCUT2D eigenvalue weighted by atomic mass is 10.1. The molecule has 106 valence electrons. The molecule has 0 saturated carbocycles. The number of ether oxygens (including phenoxy) is 1. The Balaban J connectivity index is 2.21. The molecule has 0 aliphatic carbocycles. The van der Waals surface area contributed by atoms with Gasteiger partial charge in [-0.05, 0) is 32.9 Å². The van der Waals surface area contributed by atoms with E-state index in [-0.39, 0.29) is 6.61 Å². The summed E-state index contributed by atoms with van der Waals surface area (Å²) in [6.07, 6.45) is 3.44. The fourth-order valence-corrected chi connectivity index (χ4v) is 1.86. The van der Waals surface area contributed by atoms with E-state index in [0.29, 0.717) is 0 Å². The average Bonchev–Trinajstić information content (AvgIpc) is 2.74. The van der Waals surface area contributed by atoms with Crippen molar-refractivity contribution in [3.8, 4) is 5.75 Å². The summed E-state index contributed by atoms with van der Waals surface area (Å²) in [5, 5.41) is 13.2. The van der Waals surface area contributed by atoms with Gasteiger partial charge in [0.15, 0.2) is 0 Å². The van der Waals surface area contributed by atoms with Crippen molar-refractivity contribution in [1.29, 1.82) is 0 Å². The minimum Gasteiger partial charge on any atom is -0.490 e. The summed E-state index contributed by atoms with van der Waals surface area (Å²) in [7, 11) is 0. The summed E-state index contributed by atoms with van der Waals surface area (Å²) in [6.45, 7) is 5.76. The Bertz CT molecular complexity index is 580. The molecule has 0 aliphatic rings. The van der Waals surface area contributed by atoms with Gasteiger partial charge in [0, 0.05) is 11.1 Å². The molecule has 1 aromatic heterocycles. The van der Waals surface area contributed by atoms with Crippen LogP contribution < -0.4 is 4.74 Å². The predicted octanol–water partition coefficient (Wildman–Crippen LogP) is 3.22. The van der Waals surface area contributed by atoms with E-state index in [0.717, 1.165) is 28.3 Å². The molecule has 1 heterocycles. The number of aryl methyl sites for hydroxylation is 2. The first kappa shape index (κ1) is 14.3. The van der Waals surface area contributed by atoms with Gasteiger partial charge < -0.3 is 14.4 Å². The molecule has 4 nitrogen and oxygen atoms in total. The second-order valence-electron chi connectivity index (χ2n) is 4.77. The minimum atomic E-state index is -0.491. The number of hydrogen-bond donors (Lipinski definition) is 1. The number of nitrogens with zero attached hydrogens (tertiary/aromatic N) is 1. The van der Waals surface area contributed by atoms with E-state index in [1.165, 1.54) is 0 Å². The molecule has 0 bridgehead atoms. The van der Waals surface area contributed by atoms with Crippen molar-refractivity contribution >= 4 is 12.2 Å². The number of aromatic nitrogens is 1. The number of aliphatic hydroxyl groups is 1. The van der Waals surface area contributed by atoms with Crippen LogP contribution in [-0.2, 0) is 0 Å². The van der Waals surface area contributed by atoms with E-state index in [4.69, 9.17) is 9.26 Å². The Labute approximate surface area is 118 Å². The van der Waals surface area contributed by atoms with E-state index in [1.807, 2.05) is 50.3 Å². The maximum atomic E-state index is 9.29. The van der Waals surface area contributed by atoms with Crippen LogP contribution >= 0.6 is 0 Å². The first-order valence-corrected chi connectivity index (χ1v) is 6.58. The molecule has 0 saturated heterocycles. The highest BCUT2D eigenvalue weighted by molar-refractivity contribution is 5.73. The lowest BCUT2D eigenvalue weighted by Gasteiger charge is -2.10. The van der Waals surface area contributed by atoms with Crippen molar-refractivity contribution in [2.75, 3.05) is 6.61 Å². The number of para-hydroxylation sites is 1. The van der Waals surface area contributed by atoms with E-state index >= 15 is 0 Å². The van der Waals surface area contributed by atoms with Gasteiger partial charge >= 0.3 is 0 Å². The summed E-state index contributed by atoms with van der Waals surface area (Å²) >= 11 is 0. The molecule has 4 heteroatoms. The highest BCUT2D eigenvalue weighted by Crippen LogP contribution is 2.22. The first-order chi connectivity index (χ1) is 9.58. The van der Waals surface area contributed by atoms with Gasteiger partial charge in [-0.1, -0.05) is 29.4 Å². The summed E-state index contributed by atoms with van der Waals surface area (Å²) in [6, 6.07) is 7.70. The number of aliphatic hydroxyl groups excluding tert-OH is 1. The largest absolute Gasteiger partial charge is 0.490 e. The zero-order valence-electron chi connectivity index (χ0n) is 12.0. The van der Waals surface area contributed by atoms with Crippen molar-refractivity contribution in [2.45, 2.75) is 26.9 Å². The number of rotatable bonds is 5. The molecular weight excluding hydrogens is 254 g/mol. The van der Waals surface area contributed by atoms with Gasteiger partial charge in [0.2, 0.25) is 0 Å². The normalized spacial score (nSPS) is 12.8. The van der Waals surface area contributed by atoms with Crippen LogP contribution in [0, 0.1) is 13.8 Å². The minimum absolute atomic E-state index is 0.274. The standard InChI is InChI=1S/C16H19NO3/c1-11(18)10-19-16-7-5-4-6-14(16)8-9-15-12(2)17-20-13(15)3/h4-9,11,18H,10H2,1-3H3. The molecule has 2 rings (SSSR count). The number of benzene rings is 1. The Hall–Kier alpha value is -2.07. The molecule has 1 atom stereocenters. The second kappa shape index (κ2) is 6.39. The molecule has 1 aromatic carbocycles. The highest BCUT2D eigenvalue weighted by Gasteiger charge is 2.06. The van der Waals surface area contributed by atoms with Crippen LogP contribution in [0.5, 0.6) is 5.75 Å². The van der Waals surface area contributed by atoms with Crippen LogP contribution in [0.3, 0.4) is 0 Å². The van der Waals surface area contributed by atoms with Gasteiger partial charge in [0.25, 0.3) is 0 Å². The van der Waals surface area contributed by atoms with E-state index in [1.54, 1.807) is 6.92 Å². The molecule has 0 amide bonds. The molecule has 0 aliphatic heterocycles. The van der Waals surface area contributed by atoms with Crippen LogP contribution in [-0.4, -0.2) is 23.0 Å². The molecule has 0 radical (unpaired) electrons. The molecular formula is C16H19NO3. The topological polar surface area (TPSA) is 55.5 Å². The third-order valence-corrected chi connectivity index (χ3v) is 2.92. The lowest BCUT2D eigenvalue weighted by Crippen LogP contribution is -2.13. The summed E-state index contributed by atoms with van der Waals surface area (Å²) < 4.78 is 10.7. The van der Waals surface area contributed by atoms with Gasteiger partial charge in [0.05, 0.1) is 11.8 Å². The summed E-state index contributed by atoms with van der Waals surface area (Å²) in [4.78, 5) is 0. The van der Waals surface area contributed by atoms with Crippen LogP contribution in [0.15, 0.2) is 28.8 Å². The molecule has 20 heavy (non-hydrogen) atoms. The summed E-state index contributed by atoms with van der Waals surface area (Å²) in [5.41, 5.74) is 2.80. The van der Waals surface area contributed by atoms with Crippen LogP contribution in [0.2, 0.25) is 0 Å². The smallest absolute Gasteiger partial charge is 0.141 e. The SMILES string of the molecule is Cc1noc(C)c1C=Cc1ccccc1OCC(C)O. The van der Waals surface area contributed by atoms with Crippen LogP contribution in [0.25, 0.3) is 12.2 Å². The Morgan fingerprint density at radius 3 is 2.70 bits per heavy atom. The highest BCUT2D eigenvalue weighted by atomic mass is 16.5. The van der Waals surface area contributed by atoms with Crippen molar-refractivity contribution < 1.29 is 14.4 Å². The lowest BCUT2D eigenvalue weighted by molar-refractivity contribution is 0.122. The molecule has 1 N–H and O–H groups in total.